The fourth-order valence-electron chi connectivity index (χ4n) is 0.634. The lowest BCUT2D eigenvalue weighted by Crippen LogP contribution is -2.22. The van der Waals surface area contributed by atoms with Crippen molar-refractivity contribution in [1.29, 1.82) is 0 Å². The van der Waals surface area contributed by atoms with Gasteiger partial charge >= 0.3 is 11.9 Å². The van der Waals surface area contributed by atoms with E-state index in [2.05, 4.69) is 13.2 Å². The Balaban J connectivity index is -0.000000980. The second kappa shape index (κ2) is 9.56. The van der Waals surface area contributed by atoms with Gasteiger partial charge in [0.05, 0.1) is 0 Å². The molecule has 0 saturated carbocycles. The molecule has 0 heterocycles. The number of hydrogen-bond acceptors (Lipinski definition) is 4. The summed E-state index contributed by atoms with van der Waals surface area (Å²) in [5.74, 6) is -0.984. The lowest BCUT2D eigenvalue weighted by molar-refractivity contribution is -0.152. The second-order valence-corrected chi connectivity index (χ2v) is 3.38. The zero-order valence-corrected chi connectivity index (χ0v) is 10.3. The summed E-state index contributed by atoms with van der Waals surface area (Å²) in [6, 6.07) is 0. The molecule has 0 aliphatic heterocycles. The predicted molar refractivity (Wildman–Crippen MR) is 63.4 cm³/mol. The van der Waals surface area contributed by atoms with Gasteiger partial charge in [-0.1, -0.05) is 13.2 Å². The summed E-state index contributed by atoms with van der Waals surface area (Å²) >= 11 is 0. The summed E-state index contributed by atoms with van der Waals surface area (Å²) in [5.41, 5.74) is 0.626. The van der Waals surface area contributed by atoms with Crippen LogP contribution >= 0.6 is 0 Å². The van der Waals surface area contributed by atoms with Crippen molar-refractivity contribution >= 4 is 11.9 Å². The normalized spacial score (nSPS) is 10.1. The van der Waals surface area contributed by atoms with E-state index in [1.54, 1.807) is 20.8 Å². The Bertz CT molecular complexity index is 294. The van der Waals surface area contributed by atoms with Crippen molar-refractivity contribution in [2.75, 3.05) is 6.61 Å². The molecule has 0 aromatic carbocycles. The van der Waals surface area contributed by atoms with Gasteiger partial charge in [0, 0.05) is 11.1 Å². The zero-order chi connectivity index (χ0) is 12.0. The van der Waals surface area contributed by atoms with E-state index in [0.717, 1.165) is 0 Å². The van der Waals surface area contributed by atoms with Crippen LogP contribution in [0.5, 0.6) is 0 Å². The third-order valence-electron chi connectivity index (χ3n) is 1.45. The molecule has 6 heteroatoms. The van der Waals surface area contributed by atoms with Gasteiger partial charge in [-0.05, 0) is 20.8 Å². The Kier molecular flexibility index (Phi) is 11.6. The number of ether oxygens (including phenoxy) is 2. The molecule has 0 saturated heterocycles. The van der Waals surface area contributed by atoms with E-state index >= 15 is 0 Å². The predicted octanol–water partition coefficient (Wildman–Crippen LogP) is -0.0359. The van der Waals surface area contributed by atoms with Gasteiger partial charge in [0.15, 0.2) is 0 Å². The molecule has 0 aromatic heterocycles. The Morgan fingerprint density at radius 1 is 1.06 bits per heavy atom. The van der Waals surface area contributed by atoms with E-state index < -0.39 is 18.0 Å². The molecular weight excluding hydrogens is 228 g/mol. The molecule has 0 aliphatic carbocycles. The summed E-state index contributed by atoms with van der Waals surface area (Å²) in [6.45, 7) is 11.6. The Morgan fingerprint density at radius 3 is 1.82 bits per heavy atom. The molecular formula is C11H20O6. The molecule has 4 N–H and O–H groups in total. The van der Waals surface area contributed by atoms with Crippen LogP contribution in [0.15, 0.2) is 24.3 Å². The van der Waals surface area contributed by atoms with Crippen molar-refractivity contribution in [2.24, 2.45) is 0 Å². The molecule has 1 unspecified atom stereocenters. The highest BCUT2D eigenvalue weighted by molar-refractivity contribution is 5.87. The Morgan fingerprint density at radius 2 is 1.47 bits per heavy atom. The van der Waals surface area contributed by atoms with E-state index in [4.69, 9.17) is 9.47 Å². The topological polar surface area (TPSA) is 116 Å². The van der Waals surface area contributed by atoms with Gasteiger partial charge < -0.3 is 20.4 Å². The molecule has 17 heavy (non-hydrogen) atoms. The minimum absolute atomic E-state index is 0. The molecule has 100 valence electrons. The van der Waals surface area contributed by atoms with Gasteiger partial charge in [-0.3, -0.25) is 0 Å². The van der Waals surface area contributed by atoms with E-state index in [0.29, 0.717) is 11.1 Å². The highest BCUT2D eigenvalue weighted by Gasteiger charge is 2.12. The van der Waals surface area contributed by atoms with Crippen LogP contribution in [0.25, 0.3) is 0 Å². The number of carbonyl (C=O) groups excluding carboxylic acids is 2. The summed E-state index contributed by atoms with van der Waals surface area (Å²) in [7, 11) is 0. The maximum atomic E-state index is 11.1. The molecule has 6 nitrogen and oxygen atoms in total. The monoisotopic (exact) mass is 248 g/mol. The number of rotatable bonds is 5. The Hall–Kier alpha value is -1.66. The summed E-state index contributed by atoms with van der Waals surface area (Å²) in [4.78, 5) is 22.0. The van der Waals surface area contributed by atoms with Crippen LogP contribution in [0.3, 0.4) is 0 Å². The molecule has 0 rings (SSSR count). The molecule has 0 amide bonds. The average molecular weight is 248 g/mol. The van der Waals surface area contributed by atoms with Gasteiger partial charge in [0.2, 0.25) is 0 Å². The highest BCUT2D eigenvalue weighted by Crippen LogP contribution is 2.00. The number of esters is 2. The molecule has 0 aliphatic rings. The molecule has 0 spiro atoms. The van der Waals surface area contributed by atoms with Crippen LogP contribution in [0, 0.1) is 0 Å². The van der Waals surface area contributed by atoms with Gasteiger partial charge in [0.25, 0.3) is 0 Å². The molecule has 0 aromatic rings. The van der Waals surface area contributed by atoms with E-state index in [9.17, 15) is 9.59 Å². The van der Waals surface area contributed by atoms with E-state index in [-0.39, 0.29) is 17.6 Å². The minimum Gasteiger partial charge on any atom is -0.458 e. The van der Waals surface area contributed by atoms with Crippen molar-refractivity contribution in [3.63, 3.8) is 0 Å². The number of carbonyl (C=O) groups is 2. The van der Waals surface area contributed by atoms with Crippen LogP contribution < -0.4 is 0 Å². The first-order chi connectivity index (χ1) is 6.84. The number of hydrogen-bond donors (Lipinski definition) is 0. The molecule has 0 fully saturated rings. The first-order valence-electron chi connectivity index (χ1n) is 4.53. The van der Waals surface area contributed by atoms with Crippen molar-refractivity contribution in [2.45, 2.75) is 26.9 Å². The van der Waals surface area contributed by atoms with Crippen LogP contribution in [0.2, 0.25) is 0 Å². The minimum atomic E-state index is -0.492. The second-order valence-electron chi connectivity index (χ2n) is 3.38. The van der Waals surface area contributed by atoms with Crippen LogP contribution in [-0.4, -0.2) is 35.6 Å². The van der Waals surface area contributed by atoms with Crippen molar-refractivity contribution in [3.05, 3.63) is 24.3 Å². The summed E-state index contributed by atoms with van der Waals surface area (Å²) in [6.07, 6.45) is -0.488. The Labute approximate surface area is 101 Å². The molecule has 1 atom stereocenters. The molecule has 0 bridgehead atoms. The standard InChI is InChI=1S/C11H16O4.2H2O/c1-7(2)10(12)14-6-9(5)15-11(13)8(3)4;;/h9H,1,3,6H2,2,4-5H3;2*1H2. The van der Waals surface area contributed by atoms with E-state index in [1.807, 2.05) is 0 Å². The fourth-order valence-corrected chi connectivity index (χ4v) is 0.634. The summed E-state index contributed by atoms with van der Waals surface area (Å²) in [5, 5.41) is 0. The molecule has 0 radical (unpaired) electrons. The highest BCUT2D eigenvalue weighted by atomic mass is 16.6. The maximum Gasteiger partial charge on any atom is 0.333 e. The SMILES string of the molecule is C=C(C)C(=O)OCC(C)OC(=O)C(=C)C.O.O. The smallest absolute Gasteiger partial charge is 0.333 e. The maximum absolute atomic E-state index is 11.1. The third-order valence-corrected chi connectivity index (χ3v) is 1.45. The van der Waals surface area contributed by atoms with Crippen LogP contribution in [0.4, 0.5) is 0 Å². The van der Waals surface area contributed by atoms with Gasteiger partial charge in [-0.25, -0.2) is 9.59 Å². The quantitative estimate of drug-likeness (QED) is 0.501. The van der Waals surface area contributed by atoms with E-state index in [1.165, 1.54) is 0 Å². The van der Waals surface area contributed by atoms with Crippen molar-refractivity contribution < 1.29 is 30.0 Å². The van der Waals surface area contributed by atoms with Gasteiger partial charge in [0.1, 0.15) is 12.7 Å². The lowest BCUT2D eigenvalue weighted by atomic mass is 10.3. The van der Waals surface area contributed by atoms with Crippen molar-refractivity contribution in [3.8, 4) is 0 Å². The third kappa shape index (κ3) is 9.28. The van der Waals surface area contributed by atoms with Crippen molar-refractivity contribution in [1.82, 2.24) is 0 Å². The largest absolute Gasteiger partial charge is 0.458 e. The van der Waals surface area contributed by atoms with Crippen LogP contribution in [0.1, 0.15) is 20.8 Å². The fraction of sp³-hybridized carbons (Fsp3) is 0.455. The van der Waals surface area contributed by atoms with Crippen LogP contribution in [-0.2, 0) is 19.1 Å². The zero-order valence-electron chi connectivity index (χ0n) is 10.3. The first kappa shape index (κ1) is 20.7. The first-order valence-corrected chi connectivity index (χ1v) is 4.53. The summed E-state index contributed by atoms with van der Waals surface area (Å²) < 4.78 is 9.70. The lowest BCUT2D eigenvalue weighted by Gasteiger charge is -2.13. The van der Waals surface area contributed by atoms with Gasteiger partial charge in [-0.2, -0.15) is 0 Å². The average Bonchev–Trinajstić information content (AvgIpc) is 2.13. The van der Waals surface area contributed by atoms with Gasteiger partial charge in [-0.15, -0.1) is 0 Å².